The molecule has 1 aliphatic carbocycles. The van der Waals surface area contributed by atoms with Crippen LogP contribution in [0.1, 0.15) is 22.3 Å². The molecule has 0 saturated heterocycles. The predicted molar refractivity (Wildman–Crippen MR) is 91.9 cm³/mol. The normalized spacial score (nSPS) is 12.9. The van der Waals surface area contributed by atoms with Gasteiger partial charge in [0, 0.05) is 27.8 Å². The van der Waals surface area contributed by atoms with Crippen molar-refractivity contribution < 1.29 is 0 Å². The molecular formula is C19H18ClN. The van der Waals surface area contributed by atoms with Crippen molar-refractivity contribution in [2.24, 2.45) is 0 Å². The third-order valence-electron chi connectivity index (χ3n) is 4.14. The van der Waals surface area contributed by atoms with Gasteiger partial charge in [-0.3, -0.25) is 0 Å². The molecule has 0 unspecified atom stereocenters. The van der Waals surface area contributed by atoms with Gasteiger partial charge in [-0.1, -0.05) is 54.6 Å². The number of hydrogen-bond acceptors (Lipinski definition) is 0. The number of hydrogen-bond donors (Lipinski definition) is 0. The summed E-state index contributed by atoms with van der Waals surface area (Å²) in [6.07, 6.45) is 10.5. The minimum atomic E-state index is 0.749. The van der Waals surface area contributed by atoms with Gasteiger partial charge in [-0.2, -0.15) is 0 Å². The number of halogens is 1. The summed E-state index contributed by atoms with van der Waals surface area (Å²) in [7, 11) is 0. The van der Waals surface area contributed by atoms with E-state index in [2.05, 4.69) is 55.4 Å². The van der Waals surface area contributed by atoms with Gasteiger partial charge in [0.25, 0.3) is 0 Å². The molecule has 106 valence electrons. The second kappa shape index (κ2) is 5.42. The van der Waals surface area contributed by atoms with Gasteiger partial charge >= 0.3 is 0 Å². The third kappa shape index (κ3) is 2.38. The first kappa shape index (κ1) is 14.0. The molecule has 1 aromatic carbocycles. The van der Waals surface area contributed by atoms with Crippen LogP contribution in [0.5, 0.6) is 0 Å². The van der Waals surface area contributed by atoms with Crippen molar-refractivity contribution in [2.45, 2.75) is 20.4 Å². The Morgan fingerprint density at radius 3 is 2.71 bits per heavy atom. The van der Waals surface area contributed by atoms with Crippen LogP contribution in [0.4, 0.5) is 0 Å². The maximum atomic E-state index is 6.38. The van der Waals surface area contributed by atoms with Gasteiger partial charge in [0.15, 0.2) is 0 Å². The average Bonchev–Trinajstić information content (AvgIpc) is 2.65. The average molecular weight is 296 g/mol. The van der Waals surface area contributed by atoms with Crippen molar-refractivity contribution >= 4 is 30.3 Å². The summed E-state index contributed by atoms with van der Waals surface area (Å²) in [5, 5.41) is 3.06. The Hall–Kier alpha value is -1.99. The summed E-state index contributed by atoms with van der Waals surface area (Å²) in [6.45, 7) is 9.23. The van der Waals surface area contributed by atoms with Gasteiger partial charge in [-0.05, 0) is 42.7 Å². The number of allylic oxidation sites excluding steroid dienone is 3. The van der Waals surface area contributed by atoms with Crippen molar-refractivity contribution in [3.8, 4) is 0 Å². The predicted octanol–water partition coefficient (Wildman–Crippen LogP) is 3.58. The molecular weight excluding hydrogens is 278 g/mol. The van der Waals surface area contributed by atoms with E-state index in [0.717, 1.165) is 22.5 Å². The third-order valence-corrected chi connectivity index (χ3v) is 4.49. The molecule has 0 fully saturated rings. The summed E-state index contributed by atoms with van der Waals surface area (Å²) in [5.41, 5.74) is 4.84. The molecule has 1 heterocycles. The van der Waals surface area contributed by atoms with E-state index in [1.807, 2.05) is 18.2 Å². The highest BCUT2D eigenvalue weighted by Gasteiger charge is 2.11. The summed E-state index contributed by atoms with van der Waals surface area (Å²) >= 11 is 6.38. The van der Waals surface area contributed by atoms with Crippen molar-refractivity contribution in [3.63, 3.8) is 0 Å². The van der Waals surface area contributed by atoms with Crippen LogP contribution in [-0.2, 0) is 6.54 Å². The zero-order valence-corrected chi connectivity index (χ0v) is 13.1. The molecule has 0 N–H and O–H groups in total. The molecule has 1 aliphatic rings. The molecule has 2 heteroatoms. The highest BCUT2D eigenvalue weighted by molar-refractivity contribution is 6.31. The smallest absolute Gasteiger partial charge is 0.0499 e. The van der Waals surface area contributed by atoms with E-state index >= 15 is 0 Å². The molecule has 0 atom stereocenters. The van der Waals surface area contributed by atoms with E-state index in [4.69, 9.17) is 11.6 Å². The highest BCUT2D eigenvalue weighted by Crippen LogP contribution is 2.20. The summed E-state index contributed by atoms with van der Waals surface area (Å²) in [4.78, 5) is 0. The molecule has 0 radical (unpaired) electrons. The van der Waals surface area contributed by atoms with E-state index in [-0.39, 0.29) is 0 Å². The van der Waals surface area contributed by atoms with Crippen LogP contribution >= 0.6 is 11.6 Å². The fourth-order valence-corrected chi connectivity index (χ4v) is 3.08. The van der Waals surface area contributed by atoms with Crippen molar-refractivity contribution in [3.05, 3.63) is 74.4 Å². The van der Waals surface area contributed by atoms with Crippen molar-refractivity contribution in [1.82, 2.24) is 4.57 Å². The minimum Gasteiger partial charge on any atom is -0.337 e. The molecule has 0 spiro atoms. The second-order valence-electron chi connectivity index (χ2n) is 5.40. The van der Waals surface area contributed by atoms with Crippen LogP contribution in [0.15, 0.2) is 36.4 Å². The topological polar surface area (TPSA) is 4.93 Å². The summed E-state index contributed by atoms with van der Waals surface area (Å²) < 4.78 is 2.25. The molecule has 0 amide bonds. The maximum Gasteiger partial charge on any atom is 0.0499 e. The lowest BCUT2D eigenvalue weighted by molar-refractivity contribution is 0.752. The fourth-order valence-electron chi connectivity index (χ4n) is 2.80. The Balaban J connectivity index is 2.22. The Kier molecular flexibility index (Phi) is 3.60. The van der Waals surface area contributed by atoms with Crippen LogP contribution in [0.2, 0.25) is 5.02 Å². The quantitative estimate of drug-likeness (QED) is 0.798. The number of aryl methyl sites for hydroxylation is 1. The Morgan fingerprint density at radius 2 is 1.95 bits per heavy atom. The standard InChI is InChI=1S/C19H18ClN/c1-13-8-7-10-18(20)17(13)12-21-15(3)14(2)16-9-5-4-6-11-19(16)21/h4-11H,3,12H2,1-2H3. The molecule has 1 aromatic heterocycles. The molecule has 3 rings (SSSR count). The highest BCUT2D eigenvalue weighted by atomic mass is 35.5. The zero-order chi connectivity index (χ0) is 15.0. The van der Waals surface area contributed by atoms with Crippen molar-refractivity contribution in [1.29, 1.82) is 0 Å². The van der Waals surface area contributed by atoms with Gasteiger partial charge in [-0.25, -0.2) is 0 Å². The number of nitrogens with zero attached hydrogens (tertiary/aromatic N) is 1. The Bertz CT molecular complexity index is 846. The molecule has 0 aliphatic heterocycles. The monoisotopic (exact) mass is 295 g/mol. The van der Waals surface area contributed by atoms with Gasteiger partial charge < -0.3 is 4.57 Å². The first-order valence-corrected chi connectivity index (χ1v) is 7.44. The van der Waals surface area contributed by atoms with Gasteiger partial charge in [-0.15, -0.1) is 0 Å². The van der Waals surface area contributed by atoms with E-state index in [0.29, 0.717) is 0 Å². The first-order chi connectivity index (χ1) is 10.1. The SMILES string of the molecule is C=c1c(C)c2c(n1Cc1c(C)cccc1Cl)=CC=CC=C2. The fraction of sp³-hybridized carbons (Fsp3) is 0.158. The van der Waals surface area contributed by atoms with Gasteiger partial charge in [0.2, 0.25) is 0 Å². The number of rotatable bonds is 2. The van der Waals surface area contributed by atoms with E-state index in [9.17, 15) is 0 Å². The van der Waals surface area contributed by atoms with Crippen molar-refractivity contribution in [2.75, 3.05) is 0 Å². The zero-order valence-electron chi connectivity index (χ0n) is 12.4. The van der Waals surface area contributed by atoms with Gasteiger partial charge in [0.1, 0.15) is 0 Å². The minimum absolute atomic E-state index is 0.749. The Morgan fingerprint density at radius 1 is 1.14 bits per heavy atom. The van der Waals surface area contributed by atoms with E-state index < -0.39 is 0 Å². The van der Waals surface area contributed by atoms with E-state index in [1.54, 1.807) is 0 Å². The lowest BCUT2D eigenvalue weighted by Gasteiger charge is -2.10. The summed E-state index contributed by atoms with van der Waals surface area (Å²) in [5.74, 6) is 0. The summed E-state index contributed by atoms with van der Waals surface area (Å²) in [6, 6.07) is 6.04. The van der Waals surface area contributed by atoms with Crippen LogP contribution in [0.25, 0.3) is 18.7 Å². The van der Waals surface area contributed by atoms with Gasteiger partial charge in [0.05, 0.1) is 0 Å². The van der Waals surface area contributed by atoms with E-state index in [1.165, 1.54) is 22.0 Å². The number of benzene rings is 1. The lowest BCUT2D eigenvalue weighted by atomic mass is 10.1. The molecule has 1 nitrogen and oxygen atoms in total. The van der Waals surface area contributed by atoms with Crippen LogP contribution in [0.3, 0.4) is 0 Å². The first-order valence-electron chi connectivity index (χ1n) is 7.06. The maximum absolute atomic E-state index is 6.38. The van der Waals surface area contributed by atoms with Crippen LogP contribution in [-0.4, -0.2) is 4.57 Å². The largest absolute Gasteiger partial charge is 0.337 e. The molecule has 0 saturated carbocycles. The molecule has 2 aromatic rings. The number of aromatic nitrogens is 1. The Labute approximate surface area is 130 Å². The number of fused-ring (bicyclic) bond motifs is 1. The second-order valence-corrected chi connectivity index (χ2v) is 5.81. The van der Waals surface area contributed by atoms with Crippen LogP contribution in [0, 0.1) is 13.8 Å². The molecule has 21 heavy (non-hydrogen) atoms. The molecule has 0 bridgehead atoms. The van der Waals surface area contributed by atoms with Crippen LogP contribution < -0.4 is 10.7 Å². The lowest BCUT2D eigenvalue weighted by Crippen LogP contribution is -2.27.